The van der Waals surface area contributed by atoms with Crippen molar-refractivity contribution in [1.82, 2.24) is 0 Å². The van der Waals surface area contributed by atoms with E-state index in [-0.39, 0.29) is 0 Å². The van der Waals surface area contributed by atoms with Gasteiger partial charge in [-0.05, 0) is 0 Å². The zero-order valence-corrected chi connectivity index (χ0v) is 17.2. The molecule has 0 atom stereocenters. The molecule has 0 spiro atoms. The summed E-state index contributed by atoms with van der Waals surface area (Å²) >= 11 is 4.36. The second kappa shape index (κ2) is 11.5. The molecule has 0 fully saturated rings. The molecule has 0 aliphatic carbocycles. The Hall–Kier alpha value is 0.910. The van der Waals surface area contributed by atoms with Crippen LogP contribution in [0.2, 0.25) is 0 Å². The average Bonchev–Trinajstić information content (AvgIpc) is 2.47. The molecular formula is C18H40BrP. The molecular weight excluding hydrogens is 327 g/mol. The van der Waals surface area contributed by atoms with Crippen LogP contribution < -0.4 is 0 Å². The molecule has 2 heteroatoms. The van der Waals surface area contributed by atoms with E-state index < -0.39 is 5.31 Å². The van der Waals surface area contributed by atoms with Gasteiger partial charge in [-0.1, -0.05) is 0 Å². The van der Waals surface area contributed by atoms with Gasteiger partial charge in [0.15, 0.2) is 0 Å². The second-order valence-electron chi connectivity index (χ2n) is 6.73. The monoisotopic (exact) mass is 366 g/mol. The first-order valence-corrected chi connectivity index (χ1v) is 14.3. The fourth-order valence-electron chi connectivity index (χ4n) is 3.19. The standard InChI is InChI=1S/C18H40BrP/c1-5-9-11-13-15-17-20(19,7-3,8-4)18-16-14-12-10-6-2/h5-18H2,1-4H3. The Bertz CT molecular complexity index is 205. The van der Waals surface area contributed by atoms with Gasteiger partial charge in [-0.2, -0.15) is 0 Å². The van der Waals surface area contributed by atoms with Gasteiger partial charge in [-0.15, -0.1) is 0 Å². The minimum atomic E-state index is -1.53. The van der Waals surface area contributed by atoms with E-state index in [0.717, 1.165) is 0 Å². The topological polar surface area (TPSA) is 0 Å². The van der Waals surface area contributed by atoms with Crippen molar-refractivity contribution in [3.8, 4) is 0 Å². The molecule has 0 saturated carbocycles. The second-order valence-corrected chi connectivity index (χ2v) is 18.5. The summed E-state index contributed by atoms with van der Waals surface area (Å²) in [5, 5.41) is -1.53. The van der Waals surface area contributed by atoms with Crippen molar-refractivity contribution in [2.75, 3.05) is 24.6 Å². The van der Waals surface area contributed by atoms with Crippen LogP contribution in [-0.4, -0.2) is 24.6 Å². The molecule has 0 nitrogen and oxygen atoms in total. The van der Waals surface area contributed by atoms with Gasteiger partial charge in [0.25, 0.3) is 0 Å². The molecule has 0 aromatic carbocycles. The van der Waals surface area contributed by atoms with Gasteiger partial charge in [0, 0.05) is 0 Å². The van der Waals surface area contributed by atoms with E-state index in [4.69, 9.17) is 0 Å². The third kappa shape index (κ3) is 8.38. The Morgan fingerprint density at radius 1 is 0.550 bits per heavy atom. The van der Waals surface area contributed by atoms with Crippen molar-refractivity contribution in [3.63, 3.8) is 0 Å². The summed E-state index contributed by atoms with van der Waals surface area (Å²) in [5.74, 6) is 0. The van der Waals surface area contributed by atoms with E-state index in [1.54, 1.807) is 0 Å². The molecule has 0 N–H and O–H groups in total. The van der Waals surface area contributed by atoms with Crippen LogP contribution in [0.1, 0.15) is 91.9 Å². The van der Waals surface area contributed by atoms with Gasteiger partial charge in [-0.3, -0.25) is 0 Å². The van der Waals surface area contributed by atoms with Crippen LogP contribution in [0.25, 0.3) is 0 Å². The van der Waals surface area contributed by atoms with Crippen molar-refractivity contribution in [2.24, 2.45) is 0 Å². The Kier molecular flexibility index (Phi) is 12.0. The van der Waals surface area contributed by atoms with Crippen LogP contribution in [0, 0.1) is 0 Å². The maximum atomic E-state index is 4.36. The van der Waals surface area contributed by atoms with Crippen molar-refractivity contribution in [2.45, 2.75) is 91.9 Å². The molecule has 0 radical (unpaired) electrons. The van der Waals surface area contributed by atoms with Crippen molar-refractivity contribution >= 4 is 20.8 Å². The first kappa shape index (κ1) is 20.9. The summed E-state index contributed by atoms with van der Waals surface area (Å²) in [6.45, 7) is 9.49. The third-order valence-electron chi connectivity index (χ3n) is 5.22. The van der Waals surface area contributed by atoms with Gasteiger partial charge < -0.3 is 0 Å². The normalized spacial score (nSPS) is 14.2. The molecule has 20 heavy (non-hydrogen) atoms. The Morgan fingerprint density at radius 2 is 0.900 bits per heavy atom. The van der Waals surface area contributed by atoms with E-state index in [1.807, 2.05) is 0 Å². The molecule has 0 rings (SSSR count). The van der Waals surface area contributed by atoms with Gasteiger partial charge in [0.2, 0.25) is 0 Å². The van der Waals surface area contributed by atoms with E-state index in [0.29, 0.717) is 0 Å². The van der Waals surface area contributed by atoms with Crippen molar-refractivity contribution in [1.29, 1.82) is 0 Å². The van der Waals surface area contributed by atoms with Crippen LogP contribution in [0.5, 0.6) is 0 Å². The van der Waals surface area contributed by atoms with Gasteiger partial charge >= 0.3 is 137 Å². The predicted molar refractivity (Wildman–Crippen MR) is 104 cm³/mol. The Labute approximate surface area is 137 Å². The molecule has 0 bridgehead atoms. The van der Waals surface area contributed by atoms with Gasteiger partial charge in [-0.25, -0.2) is 0 Å². The summed E-state index contributed by atoms with van der Waals surface area (Å²) in [7, 11) is 0. The van der Waals surface area contributed by atoms with E-state index >= 15 is 0 Å². The molecule has 0 aromatic rings. The zero-order valence-electron chi connectivity index (χ0n) is 14.7. The van der Waals surface area contributed by atoms with Crippen LogP contribution in [0.4, 0.5) is 0 Å². The SMILES string of the molecule is CCCCCCCP(Br)(CC)(CC)CCCCCCC. The third-order valence-corrected chi connectivity index (χ3v) is 16.4. The Morgan fingerprint density at radius 3 is 1.20 bits per heavy atom. The average molecular weight is 367 g/mol. The number of rotatable bonds is 14. The maximum absolute atomic E-state index is 4.36. The fraction of sp³-hybridized carbons (Fsp3) is 1.00. The first-order chi connectivity index (χ1) is 9.54. The summed E-state index contributed by atoms with van der Waals surface area (Å²) in [6, 6.07) is 0. The summed E-state index contributed by atoms with van der Waals surface area (Å²) in [5.41, 5.74) is 0. The first-order valence-electron chi connectivity index (χ1n) is 9.26. The quantitative estimate of drug-likeness (QED) is 0.217. The minimum absolute atomic E-state index is 1.36. The summed E-state index contributed by atoms with van der Waals surface area (Å²) < 4.78 is 0. The zero-order chi connectivity index (χ0) is 15.3. The van der Waals surface area contributed by atoms with Crippen molar-refractivity contribution in [3.05, 3.63) is 0 Å². The Balaban J connectivity index is 4.16. The molecule has 0 aliphatic rings. The van der Waals surface area contributed by atoms with Gasteiger partial charge in [0.1, 0.15) is 0 Å². The van der Waals surface area contributed by atoms with Crippen LogP contribution in [0.3, 0.4) is 0 Å². The van der Waals surface area contributed by atoms with Crippen LogP contribution in [0.15, 0.2) is 0 Å². The molecule has 0 heterocycles. The molecule has 0 unspecified atom stereocenters. The van der Waals surface area contributed by atoms with E-state index in [2.05, 4.69) is 43.2 Å². The fourth-order valence-corrected chi connectivity index (χ4v) is 8.66. The van der Waals surface area contributed by atoms with Crippen molar-refractivity contribution < 1.29 is 0 Å². The molecule has 124 valence electrons. The van der Waals surface area contributed by atoms with Crippen LogP contribution >= 0.6 is 20.8 Å². The molecule has 0 saturated heterocycles. The number of unbranched alkanes of at least 4 members (excludes halogenated alkanes) is 8. The number of hydrogen-bond acceptors (Lipinski definition) is 0. The van der Waals surface area contributed by atoms with E-state index in [9.17, 15) is 0 Å². The molecule has 0 amide bonds. The summed E-state index contributed by atoms with van der Waals surface area (Å²) in [6.07, 6.45) is 20.1. The van der Waals surface area contributed by atoms with Gasteiger partial charge in [0.05, 0.1) is 0 Å². The summed E-state index contributed by atoms with van der Waals surface area (Å²) in [4.78, 5) is 0. The van der Waals surface area contributed by atoms with Crippen LogP contribution in [-0.2, 0) is 0 Å². The number of hydrogen-bond donors (Lipinski definition) is 0. The molecule has 0 aliphatic heterocycles. The predicted octanol–water partition coefficient (Wildman–Crippen LogP) is 7.83. The number of halogens is 1. The van der Waals surface area contributed by atoms with E-state index in [1.165, 1.54) is 88.9 Å². The molecule has 0 aromatic heterocycles.